The van der Waals surface area contributed by atoms with Crippen LogP contribution >= 0.6 is 0 Å². The molecule has 2 aromatic rings. The topological polar surface area (TPSA) is 36.4 Å². The molecule has 3 nitrogen and oxygen atoms in total. The summed E-state index contributed by atoms with van der Waals surface area (Å²) in [4.78, 5) is 4.93. The van der Waals surface area contributed by atoms with Crippen LogP contribution in [0.5, 0.6) is 0 Å². The molecule has 0 fully saturated rings. The lowest BCUT2D eigenvalue weighted by atomic mass is 9.99. The zero-order valence-electron chi connectivity index (χ0n) is 14.8. The van der Waals surface area contributed by atoms with Crippen molar-refractivity contribution in [2.45, 2.75) is 31.3 Å². The van der Waals surface area contributed by atoms with E-state index in [2.05, 4.69) is 65.4 Å². The van der Waals surface area contributed by atoms with Crippen LogP contribution in [0.25, 0.3) is 0 Å². The highest BCUT2D eigenvalue weighted by atomic mass is 14.9. The Morgan fingerprint density at radius 2 is 1.46 bits per heavy atom. The molecule has 128 valence electrons. The molecule has 3 heteroatoms. The summed E-state index contributed by atoms with van der Waals surface area (Å²) >= 11 is 0. The fourth-order valence-electron chi connectivity index (χ4n) is 2.78. The molecule has 0 aromatic heterocycles. The quantitative estimate of drug-likeness (QED) is 0.515. The molecule has 0 aliphatic heterocycles. The molecule has 0 radical (unpaired) electrons. The molecule has 0 amide bonds. The lowest BCUT2D eigenvalue weighted by Gasteiger charge is -2.16. The summed E-state index contributed by atoms with van der Waals surface area (Å²) in [7, 11) is 4.01. The Kier molecular flexibility index (Phi) is 8.22. The van der Waals surface area contributed by atoms with Crippen LogP contribution in [0.4, 0.5) is 0 Å². The Labute approximate surface area is 146 Å². The van der Waals surface area contributed by atoms with Gasteiger partial charge >= 0.3 is 0 Å². The van der Waals surface area contributed by atoms with E-state index in [9.17, 15) is 0 Å². The van der Waals surface area contributed by atoms with Crippen molar-refractivity contribution in [2.24, 2.45) is 4.99 Å². The van der Waals surface area contributed by atoms with Gasteiger partial charge in [-0.05, 0) is 44.6 Å². The number of rotatable bonds is 10. The number of benzene rings is 2. The third-order valence-electron chi connectivity index (χ3n) is 4.21. The van der Waals surface area contributed by atoms with Crippen molar-refractivity contribution in [1.29, 1.82) is 0 Å². The van der Waals surface area contributed by atoms with Crippen molar-refractivity contribution in [3.63, 3.8) is 0 Å². The highest BCUT2D eigenvalue weighted by Gasteiger charge is 2.12. The van der Waals surface area contributed by atoms with E-state index in [1.165, 1.54) is 24.0 Å². The largest absolute Gasteiger partial charge is 0.320 e. The van der Waals surface area contributed by atoms with Crippen LogP contribution in [0.1, 0.15) is 36.4 Å². The second-order valence-corrected chi connectivity index (χ2v) is 6.02. The Bertz CT molecular complexity index is 541. The van der Waals surface area contributed by atoms with E-state index < -0.39 is 0 Å². The summed E-state index contributed by atoms with van der Waals surface area (Å²) in [6.45, 7) is 1.07. The van der Waals surface area contributed by atoms with Crippen molar-refractivity contribution < 1.29 is 0 Å². The maximum absolute atomic E-state index is 4.93. The van der Waals surface area contributed by atoms with E-state index in [0.29, 0.717) is 6.04 Å². The molecule has 2 N–H and O–H groups in total. The van der Waals surface area contributed by atoms with Gasteiger partial charge in [0.25, 0.3) is 0 Å². The first-order valence-electron chi connectivity index (χ1n) is 8.80. The van der Waals surface area contributed by atoms with E-state index in [-0.39, 0.29) is 6.04 Å². The van der Waals surface area contributed by atoms with Crippen molar-refractivity contribution in [3.8, 4) is 0 Å². The first kappa shape index (κ1) is 18.4. The molecule has 0 heterocycles. The smallest absolute Gasteiger partial charge is 0.0996 e. The Morgan fingerprint density at radius 3 is 1.96 bits per heavy atom. The van der Waals surface area contributed by atoms with Crippen LogP contribution in [-0.2, 0) is 0 Å². The fourth-order valence-corrected chi connectivity index (χ4v) is 2.78. The highest BCUT2D eigenvalue weighted by molar-refractivity contribution is 5.65. The van der Waals surface area contributed by atoms with Crippen LogP contribution < -0.4 is 10.6 Å². The van der Waals surface area contributed by atoms with Gasteiger partial charge in [0.05, 0.1) is 6.04 Å². The maximum atomic E-state index is 4.93. The van der Waals surface area contributed by atoms with Crippen LogP contribution in [0.2, 0.25) is 0 Å². The van der Waals surface area contributed by atoms with Crippen LogP contribution in [0.3, 0.4) is 0 Å². The monoisotopic (exact) mass is 323 g/mol. The van der Waals surface area contributed by atoms with Gasteiger partial charge in [-0.3, -0.25) is 4.99 Å². The molecule has 0 saturated heterocycles. The Balaban J connectivity index is 2.10. The van der Waals surface area contributed by atoms with Crippen LogP contribution in [-0.4, -0.2) is 32.9 Å². The van der Waals surface area contributed by atoms with E-state index in [1.54, 1.807) is 0 Å². The highest BCUT2D eigenvalue weighted by Crippen LogP contribution is 2.25. The maximum Gasteiger partial charge on any atom is 0.0996 e. The van der Waals surface area contributed by atoms with Gasteiger partial charge < -0.3 is 10.6 Å². The summed E-state index contributed by atoms with van der Waals surface area (Å²) < 4.78 is 0. The summed E-state index contributed by atoms with van der Waals surface area (Å²) in [5.74, 6) is 0. The first-order valence-corrected chi connectivity index (χ1v) is 8.80. The van der Waals surface area contributed by atoms with Gasteiger partial charge in [-0.15, -0.1) is 0 Å². The number of nitrogens with zero attached hydrogens (tertiary/aromatic N) is 1. The van der Waals surface area contributed by atoms with Crippen molar-refractivity contribution >= 4 is 6.21 Å². The van der Waals surface area contributed by atoms with E-state index >= 15 is 0 Å². The number of nitrogens with one attached hydrogen (secondary N) is 2. The van der Waals surface area contributed by atoms with E-state index in [1.807, 2.05) is 26.2 Å². The van der Waals surface area contributed by atoms with Gasteiger partial charge in [-0.25, -0.2) is 0 Å². The van der Waals surface area contributed by atoms with Gasteiger partial charge in [0.1, 0.15) is 0 Å². The Morgan fingerprint density at radius 1 is 0.875 bits per heavy atom. The lowest BCUT2D eigenvalue weighted by molar-refractivity contribution is 0.578. The molecule has 1 atom stereocenters. The summed E-state index contributed by atoms with van der Waals surface area (Å²) in [5, 5.41) is 6.57. The molecule has 1 unspecified atom stereocenters. The molecule has 0 spiro atoms. The van der Waals surface area contributed by atoms with Gasteiger partial charge in [-0.2, -0.15) is 0 Å². The molecule has 2 rings (SSSR count). The van der Waals surface area contributed by atoms with E-state index in [0.717, 1.165) is 13.0 Å². The SMILES string of the molecule is CNCCCCC(C=NC(c1ccccc1)c1ccccc1)NC. The lowest BCUT2D eigenvalue weighted by Crippen LogP contribution is -2.27. The van der Waals surface area contributed by atoms with Gasteiger partial charge in [0.2, 0.25) is 0 Å². The van der Waals surface area contributed by atoms with Crippen molar-refractivity contribution in [1.82, 2.24) is 10.6 Å². The molecule has 24 heavy (non-hydrogen) atoms. The minimum Gasteiger partial charge on any atom is -0.320 e. The molecular formula is C21H29N3. The molecule has 0 aliphatic carbocycles. The van der Waals surface area contributed by atoms with Crippen LogP contribution in [0, 0.1) is 0 Å². The number of hydrogen-bond acceptors (Lipinski definition) is 3. The predicted molar refractivity (Wildman–Crippen MR) is 104 cm³/mol. The van der Waals surface area contributed by atoms with Crippen molar-refractivity contribution in [2.75, 3.05) is 20.6 Å². The van der Waals surface area contributed by atoms with Gasteiger partial charge in [-0.1, -0.05) is 67.1 Å². The number of unbranched alkanes of at least 4 members (excludes halogenated alkanes) is 1. The van der Waals surface area contributed by atoms with Gasteiger partial charge in [0, 0.05) is 12.3 Å². The summed E-state index contributed by atoms with van der Waals surface area (Å²) in [6, 6.07) is 21.4. The molecule has 2 aromatic carbocycles. The average molecular weight is 323 g/mol. The standard InChI is InChI=1S/C21H29N3/c1-22-16-10-9-15-20(23-2)17-24-21(18-11-5-3-6-12-18)19-13-7-4-8-14-19/h3-8,11-14,17,20-23H,9-10,15-16H2,1-2H3. The third-order valence-corrected chi connectivity index (χ3v) is 4.21. The Hall–Kier alpha value is -1.97. The van der Waals surface area contributed by atoms with Crippen molar-refractivity contribution in [3.05, 3.63) is 71.8 Å². The van der Waals surface area contributed by atoms with Gasteiger partial charge in [0.15, 0.2) is 0 Å². The van der Waals surface area contributed by atoms with E-state index in [4.69, 9.17) is 4.99 Å². The second kappa shape index (κ2) is 10.7. The molecule has 0 bridgehead atoms. The fraction of sp³-hybridized carbons (Fsp3) is 0.381. The number of hydrogen-bond donors (Lipinski definition) is 2. The zero-order chi connectivity index (χ0) is 17.0. The predicted octanol–water partition coefficient (Wildman–Crippen LogP) is 3.82. The zero-order valence-corrected chi connectivity index (χ0v) is 14.8. The minimum absolute atomic E-state index is 0.0561. The third kappa shape index (κ3) is 5.91. The normalized spacial score (nSPS) is 12.8. The summed E-state index contributed by atoms with van der Waals surface area (Å²) in [6.07, 6.45) is 5.59. The number of aliphatic imine (C=N–C) groups is 1. The molecule has 0 saturated carbocycles. The average Bonchev–Trinajstić information content (AvgIpc) is 2.65. The molecule has 0 aliphatic rings. The minimum atomic E-state index is 0.0561. The first-order chi connectivity index (χ1) is 11.8. The molecular weight excluding hydrogens is 294 g/mol. The van der Waals surface area contributed by atoms with Crippen LogP contribution in [0.15, 0.2) is 65.7 Å². The second-order valence-electron chi connectivity index (χ2n) is 6.02. The summed E-state index contributed by atoms with van der Waals surface area (Å²) in [5.41, 5.74) is 2.45.